The molecule has 0 aliphatic rings. The molecule has 6 nitrogen and oxygen atoms in total. The molecule has 0 aliphatic heterocycles. The molecule has 0 fully saturated rings. The van der Waals surface area contributed by atoms with Crippen molar-refractivity contribution < 1.29 is 4.79 Å². The molecule has 2 N–H and O–H groups in total. The van der Waals surface area contributed by atoms with Crippen LogP contribution in [0.5, 0.6) is 0 Å². The summed E-state index contributed by atoms with van der Waals surface area (Å²) in [7, 11) is 0. The summed E-state index contributed by atoms with van der Waals surface area (Å²) in [5, 5.41) is 3.90. The van der Waals surface area contributed by atoms with Crippen LogP contribution >= 0.6 is 11.8 Å². The first kappa shape index (κ1) is 21.0. The number of carbonyl (C=O) groups is 1. The number of carbonyl (C=O) groups excluding carboxylic acids is 1. The second-order valence-corrected chi connectivity index (χ2v) is 8.70. The van der Waals surface area contributed by atoms with Crippen molar-refractivity contribution in [3.05, 3.63) is 114 Å². The Labute approximate surface area is 196 Å². The zero-order valence-electron chi connectivity index (χ0n) is 17.9. The minimum absolute atomic E-state index is 0.0710. The molecule has 3 aromatic carbocycles. The minimum Gasteiger partial charge on any atom is -0.348 e. The molecule has 0 atom stereocenters. The molecule has 1 amide bonds. The van der Waals surface area contributed by atoms with E-state index in [4.69, 9.17) is 0 Å². The number of imidazole rings is 2. The van der Waals surface area contributed by atoms with E-state index in [9.17, 15) is 4.79 Å². The first-order chi connectivity index (χ1) is 16.2. The number of fused-ring (bicyclic) bond motifs is 1. The van der Waals surface area contributed by atoms with Gasteiger partial charge in [0.25, 0.3) is 5.91 Å². The van der Waals surface area contributed by atoms with E-state index in [0.29, 0.717) is 17.9 Å². The summed E-state index contributed by atoms with van der Waals surface area (Å²) >= 11 is 1.60. The van der Waals surface area contributed by atoms with Gasteiger partial charge >= 0.3 is 0 Å². The highest BCUT2D eigenvalue weighted by Crippen LogP contribution is 2.24. The molecule has 0 radical (unpaired) electrons. The first-order valence-corrected chi connectivity index (χ1v) is 11.7. The third kappa shape index (κ3) is 5.15. The number of rotatable bonds is 8. The highest BCUT2D eigenvalue weighted by atomic mass is 32.2. The van der Waals surface area contributed by atoms with Crippen LogP contribution in [0.2, 0.25) is 0 Å². The van der Waals surface area contributed by atoms with E-state index in [-0.39, 0.29) is 5.91 Å². The van der Waals surface area contributed by atoms with Crippen LogP contribution in [0, 0.1) is 0 Å². The summed E-state index contributed by atoms with van der Waals surface area (Å²) in [5.74, 6) is 0.588. The Morgan fingerprint density at radius 1 is 0.970 bits per heavy atom. The lowest BCUT2D eigenvalue weighted by atomic mass is 10.1. The normalized spacial score (nSPS) is 11.0. The Morgan fingerprint density at radius 3 is 2.58 bits per heavy atom. The molecule has 0 unspecified atom stereocenters. The van der Waals surface area contributed by atoms with E-state index >= 15 is 0 Å². The summed E-state index contributed by atoms with van der Waals surface area (Å²) in [6, 6.07) is 24.0. The van der Waals surface area contributed by atoms with E-state index in [1.54, 1.807) is 24.3 Å². The standard InChI is InChI=1S/C26H23N5OS/c32-25(28-15-19-9-11-20(12-10-19)16-31-14-13-27-18-31)22-6-2-1-5-21(22)17-33-26-29-23-7-3-4-8-24(23)30-26/h1-14,18H,15-17H2,(H,28,32)(H,29,30). The van der Waals surface area contributed by atoms with Crippen molar-refractivity contribution in [1.29, 1.82) is 0 Å². The van der Waals surface area contributed by atoms with Gasteiger partial charge in [-0.05, 0) is 34.9 Å². The predicted molar refractivity (Wildman–Crippen MR) is 131 cm³/mol. The molecular formula is C26H23N5OS. The van der Waals surface area contributed by atoms with Gasteiger partial charge in [0.05, 0.1) is 17.4 Å². The number of aromatic nitrogens is 4. The molecule has 7 heteroatoms. The lowest BCUT2D eigenvalue weighted by Crippen LogP contribution is -2.23. The largest absolute Gasteiger partial charge is 0.348 e. The molecule has 0 saturated heterocycles. The summed E-state index contributed by atoms with van der Waals surface area (Å²) in [4.78, 5) is 24.9. The molecule has 2 heterocycles. The van der Waals surface area contributed by atoms with Crippen molar-refractivity contribution in [2.75, 3.05) is 0 Å². The van der Waals surface area contributed by atoms with E-state index in [1.807, 2.05) is 59.3 Å². The van der Waals surface area contributed by atoms with Crippen molar-refractivity contribution in [3.63, 3.8) is 0 Å². The average Bonchev–Trinajstić information content (AvgIpc) is 3.52. The monoisotopic (exact) mass is 453 g/mol. The SMILES string of the molecule is O=C(NCc1ccc(Cn2ccnc2)cc1)c1ccccc1CSc1nc2ccccc2[nH]1. The summed E-state index contributed by atoms with van der Waals surface area (Å²) in [6.45, 7) is 1.26. The Bertz CT molecular complexity index is 1330. The predicted octanol–water partition coefficient (Wildman–Crippen LogP) is 5.03. The fraction of sp³-hybridized carbons (Fsp3) is 0.115. The van der Waals surface area contributed by atoms with Crippen LogP contribution < -0.4 is 5.32 Å². The van der Waals surface area contributed by atoms with Crippen LogP contribution in [-0.4, -0.2) is 25.4 Å². The topological polar surface area (TPSA) is 75.6 Å². The fourth-order valence-corrected chi connectivity index (χ4v) is 4.53. The van der Waals surface area contributed by atoms with Crippen LogP contribution in [0.3, 0.4) is 0 Å². The van der Waals surface area contributed by atoms with Crippen molar-refractivity contribution in [2.24, 2.45) is 0 Å². The molecular weight excluding hydrogens is 430 g/mol. The van der Waals surface area contributed by atoms with Crippen LogP contribution in [0.4, 0.5) is 0 Å². The van der Waals surface area contributed by atoms with Crippen molar-refractivity contribution in [3.8, 4) is 0 Å². The number of H-pyrrole nitrogens is 1. The van der Waals surface area contributed by atoms with Crippen LogP contribution in [0.1, 0.15) is 27.0 Å². The number of aromatic amines is 1. The quantitative estimate of drug-likeness (QED) is 0.323. The van der Waals surface area contributed by atoms with E-state index < -0.39 is 0 Å². The lowest BCUT2D eigenvalue weighted by molar-refractivity contribution is 0.0950. The van der Waals surface area contributed by atoms with Crippen molar-refractivity contribution >= 4 is 28.7 Å². The second kappa shape index (κ2) is 9.75. The fourth-order valence-electron chi connectivity index (χ4n) is 3.64. The van der Waals surface area contributed by atoms with E-state index in [1.165, 1.54) is 5.56 Å². The lowest BCUT2D eigenvalue weighted by Gasteiger charge is -2.10. The summed E-state index contributed by atoms with van der Waals surface area (Å²) < 4.78 is 2.02. The van der Waals surface area contributed by atoms with E-state index in [0.717, 1.165) is 33.9 Å². The maximum atomic E-state index is 12.9. The average molecular weight is 454 g/mol. The molecule has 5 rings (SSSR count). The number of thioether (sulfide) groups is 1. The van der Waals surface area contributed by atoms with Crippen molar-refractivity contribution in [1.82, 2.24) is 24.8 Å². The second-order valence-electron chi connectivity index (χ2n) is 7.74. The first-order valence-electron chi connectivity index (χ1n) is 10.7. The maximum absolute atomic E-state index is 12.9. The Morgan fingerprint density at radius 2 is 1.76 bits per heavy atom. The number of amides is 1. The number of hydrogen-bond acceptors (Lipinski definition) is 4. The van der Waals surface area contributed by atoms with Crippen molar-refractivity contribution in [2.45, 2.75) is 24.0 Å². The van der Waals surface area contributed by atoms with Gasteiger partial charge in [-0.15, -0.1) is 0 Å². The summed E-state index contributed by atoms with van der Waals surface area (Å²) in [5.41, 5.74) is 5.89. The third-order valence-corrected chi connectivity index (χ3v) is 6.32. The molecule has 164 valence electrons. The number of nitrogens with one attached hydrogen (secondary N) is 2. The Hall–Kier alpha value is -3.84. The molecule has 0 spiro atoms. The van der Waals surface area contributed by atoms with Gasteiger partial charge in [-0.25, -0.2) is 9.97 Å². The van der Waals surface area contributed by atoms with Crippen LogP contribution in [0.25, 0.3) is 11.0 Å². The Kier molecular flexibility index (Phi) is 6.21. The van der Waals surface area contributed by atoms with Gasteiger partial charge in [0.15, 0.2) is 5.16 Å². The molecule has 0 bridgehead atoms. The Balaban J connectivity index is 1.20. The smallest absolute Gasteiger partial charge is 0.251 e. The minimum atomic E-state index is -0.0710. The summed E-state index contributed by atoms with van der Waals surface area (Å²) in [6.07, 6.45) is 5.52. The molecule has 5 aromatic rings. The van der Waals surface area contributed by atoms with Gasteiger partial charge in [0.2, 0.25) is 0 Å². The van der Waals surface area contributed by atoms with Gasteiger partial charge in [0, 0.05) is 36.8 Å². The van der Waals surface area contributed by atoms with Gasteiger partial charge in [0.1, 0.15) is 0 Å². The third-order valence-electron chi connectivity index (χ3n) is 5.39. The highest BCUT2D eigenvalue weighted by molar-refractivity contribution is 7.98. The number of benzene rings is 3. The molecule has 33 heavy (non-hydrogen) atoms. The van der Waals surface area contributed by atoms with Crippen LogP contribution in [0.15, 0.2) is 96.7 Å². The molecule has 0 saturated carbocycles. The highest BCUT2D eigenvalue weighted by Gasteiger charge is 2.12. The maximum Gasteiger partial charge on any atom is 0.251 e. The number of para-hydroxylation sites is 2. The number of hydrogen-bond donors (Lipinski definition) is 2. The zero-order chi connectivity index (χ0) is 22.5. The molecule has 0 aliphatic carbocycles. The van der Waals surface area contributed by atoms with Gasteiger partial charge < -0.3 is 14.9 Å². The van der Waals surface area contributed by atoms with Crippen LogP contribution in [-0.2, 0) is 18.8 Å². The molecule has 2 aromatic heterocycles. The zero-order valence-corrected chi connectivity index (χ0v) is 18.8. The van der Waals surface area contributed by atoms with Gasteiger partial charge in [-0.3, -0.25) is 4.79 Å². The number of nitrogens with zero attached hydrogens (tertiary/aromatic N) is 3. The van der Waals surface area contributed by atoms with Gasteiger partial charge in [-0.2, -0.15) is 0 Å². The van der Waals surface area contributed by atoms with Gasteiger partial charge in [-0.1, -0.05) is 66.4 Å². The van der Waals surface area contributed by atoms with E-state index in [2.05, 4.69) is 44.5 Å².